The number of hydrogen-bond acceptors (Lipinski definition) is 4. The molecule has 2 aromatic heterocycles. The number of carbonyl (C=O) groups is 1. The summed E-state index contributed by atoms with van der Waals surface area (Å²) in [5.74, 6) is -0.334. The second-order valence-corrected chi connectivity index (χ2v) is 4.30. The smallest absolute Gasteiger partial charge is 0.276 e. The minimum atomic E-state index is -0.334. The standard InChI is InChI=1S/C15H12N4O/c16-12-4-2-7-18-14(12)15(20)19-13-5-1-3-10-6-8-17-9-11(10)13/h1-9H,16H2,(H,19,20). The van der Waals surface area contributed by atoms with E-state index >= 15 is 0 Å². The third kappa shape index (κ3) is 2.16. The summed E-state index contributed by atoms with van der Waals surface area (Å²) in [6.07, 6.45) is 4.97. The van der Waals surface area contributed by atoms with Crippen LogP contribution in [0.3, 0.4) is 0 Å². The maximum Gasteiger partial charge on any atom is 0.276 e. The van der Waals surface area contributed by atoms with Crippen molar-refractivity contribution >= 4 is 28.1 Å². The van der Waals surface area contributed by atoms with Crippen LogP contribution in [-0.2, 0) is 0 Å². The lowest BCUT2D eigenvalue weighted by atomic mass is 10.1. The summed E-state index contributed by atoms with van der Waals surface area (Å²) in [7, 11) is 0. The number of carbonyl (C=O) groups excluding carboxylic acids is 1. The molecule has 3 aromatic rings. The number of hydrogen-bond donors (Lipinski definition) is 2. The average molecular weight is 264 g/mol. The number of rotatable bonds is 2. The number of amides is 1. The van der Waals surface area contributed by atoms with Crippen molar-refractivity contribution in [3.63, 3.8) is 0 Å². The van der Waals surface area contributed by atoms with Gasteiger partial charge in [-0.1, -0.05) is 12.1 Å². The number of anilines is 2. The maximum absolute atomic E-state index is 12.2. The molecule has 0 saturated heterocycles. The van der Waals surface area contributed by atoms with Crippen LogP contribution in [-0.4, -0.2) is 15.9 Å². The number of nitrogens with one attached hydrogen (secondary N) is 1. The minimum absolute atomic E-state index is 0.216. The molecule has 20 heavy (non-hydrogen) atoms. The van der Waals surface area contributed by atoms with Crippen LogP contribution in [0.25, 0.3) is 10.8 Å². The third-order valence-corrected chi connectivity index (χ3v) is 2.99. The summed E-state index contributed by atoms with van der Waals surface area (Å²) >= 11 is 0. The van der Waals surface area contributed by atoms with Gasteiger partial charge in [-0.2, -0.15) is 0 Å². The first kappa shape index (κ1) is 12.1. The van der Waals surface area contributed by atoms with E-state index in [4.69, 9.17) is 5.73 Å². The number of aromatic nitrogens is 2. The molecular weight excluding hydrogens is 252 g/mol. The van der Waals surface area contributed by atoms with E-state index < -0.39 is 0 Å². The predicted molar refractivity (Wildman–Crippen MR) is 78.3 cm³/mol. The normalized spacial score (nSPS) is 10.4. The SMILES string of the molecule is Nc1cccnc1C(=O)Nc1cccc2ccncc12. The van der Waals surface area contributed by atoms with Gasteiger partial charge in [0.2, 0.25) is 0 Å². The lowest BCUT2D eigenvalue weighted by Crippen LogP contribution is -2.15. The Kier molecular flexibility index (Phi) is 3.01. The molecule has 5 nitrogen and oxygen atoms in total. The van der Waals surface area contributed by atoms with Gasteiger partial charge >= 0.3 is 0 Å². The van der Waals surface area contributed by atoms with Crippen molar-refractivity contribution in [2.24, 2.45) is 0 Å². The molecule has 1 aromatic carbocycles. The molecule has 0 saturated carbocycles. The molecule has 0 spiro atoms. The van der Waals surface area contributed by atoms with E-state index in [0.717, 1.165) is 10.8 Å². The fourth-order valence-electron chi connectivity index (χ4n) is 2.01. The third-order valence-electron chi connectivity index (χ3n) is 2.99. The Labute approximate surface area is 115 Å². The highest BCUT2D eigenvalue weighted by Crippen LogP contribution is 2.22. The van der Waals surface area contributed by atoms with E-state index in [1.165, 1.54) is 6.20 Å². The fraction of sp³-hybridized carbons (Fsp3) is 0. The molecule has 0 aliphatic rings. The van der Waals surface area contributed by atoms with Gasteiger partial charge in [-0.3, -0.25) is 9.78 Å². The highest BCUT2D eigenvalue weighted by atomic mass is 16.1. The molecule has 0 fully saturated rings. The number of nitrogens with zero attached hydrogens (tertiary/aromatic N) is 2. The molecule has 0 aliphatic carbocycles. The number of fused-ring (bicyclic) bond motifs is 1. The zero-order chi connectivity index (χ0) is 13.9. The highest BCUT2D eigenvalue weighted by molar-refractivity contribution is 6.10. The number of benzene rings is 1. The quantitative estimate of drug-likeness (QED) is 0.745. The molecule has 0 unspecified atom stereocenters. The average Bonchev–Trinajstić information content (AvgIpc) is 2.48. The van der Waals surface area contributed by atoms with Crippen molar-refractivity contribution in [3.05, 3.63) is 60.7 Å². The van der Waals surface area contributed by atoms with E-state index in [1.54, 1.807) is 24.5 Å². The highest BCUT2D eigenvalue weighted by Gasteiger charge is 2.12. The largest absolute Gasteiger partial charge is 0.397 e. The monoisotopic (exact) mass is 264 g/mol. The molecular formula is C15H12N4O. The van der Waals surface area contributed by atoms with Crippen molar-refractivity contribution in [2.75, 3.05) is 11.1 Å². The van der Waals surface area contributed by atoms with Crippen LogP contribution in [0.1, 0.15) is 10.5 Å². The second-order valence-electron chi connectivity index (χ2n) is 4.30. The van der Waals surface area contributed by atoms with Gasteiger partial charge in [-0.25, -0.2) is 4.98 Å². The van der Waals surface area contributed by atoms with Crippen LogP contribution in [0.15, 0.2) is 55.0 Å². The Hall–Kier alpha value is -2.95. The molecule has 5 heteroatoms. The van der Waals surface area contributed by atoms with Crippen molar-refractivity contribution in [2.45, 2.75) is 0 Å². The molecule has 0 atom stereocenters. The Bertz CT molecular complexity index is 780. The van der Waals surface area contributed by atoms with Gasteiger partial charge in [0.05, 0.1) is 11.4 Å². The van der Waals surface area contributed by atoms with E-state index in [9.17, 15) is 4.79 Å². The molecule has 3 rings (SSSR count). The predicted octanol–water partition coefficient (Wildman–Crippen LogP) is 2.46. The molecule has 1 amide bonds. The molecule has 98 valence electrons. The van der Waals surface area contributed by atoms with Crippen molar-refractivity contribution in [1.29, 1.82) is 0 Å². The first-order valence-electron chi connectivity index (χ1n) is 6.10. The number of nitrogens with two attached hydrogens (primary N) is 1. The zero-order valence-electron chi connectivity index (χ0n) is 10.6. The Morgan fingerprint density at radius 1 is 1.10 bits per heavy atom. The Morgan fingerprint density at radius 2 is 2.00 bits per heavy atom. The van der Waals surface area contributed by atoms with Crippen LogP contribution >= 0.6 is 0 Å². The number of pyridine rings is 2. The van der Waals surface area contributed by atoms with Crippen LogP contribution in [0.2, 0.25) is 0 Å². The van der Waals surface area contributed by atoms with Gasteiger partial charge in [0.25, 0.3) is 5.91 Å². The maximum atomic E-state index is 12.2. The summed E-state index contributed by atoms with van der Waals surface area (Å²) < 4.78 is 0. The van der Waals surface area contributed by atoms with Crippen LogP contribution < -0.4 is 11.1 Å². The summed E-state index contributed by atoms with van der Waals surface area (Å²) in [6, 6.07) is 10.9. The van der Waals surface area contributed by atoms with E-state index in [1.807, 2.05) is 24.3 Å². The lowest BCUT2D eigenvalue weighted by molar-refractivity contribution is 0.102. The van der Waals surface area contributed by atoms with E-state index in [-0.39, 0.29) is 11.6 Å². The first-order valence-corrected chi connectivity index (χ1v) is 6.10. The van der Waals surface area contributed by atoms with Crippen LogP contribution in [0.5, 0.6) is 0 Å². The molecule has 2 heterocycles. The van der Waals surface area contributed by atoms with Crippen LogP contribution in [0, 0.1) is 0 Å². The summed E-state index contributed by atoms with van der Waals surface area (Å²) in [6.45, 7) is 0. The fourth-order valence-corrected chi connectivity index (χ4v) is 2.01. The molecule has 0 aliphatic heterocycles. The topological polar surface area (TPSA) is 80.9 Å². The Balaban J connectivity index is 1.98. The van der Waals surface area contributed by atoms with E-state index in [2.05, 4.69) is 15.3 Å². The van der Waals surface area contributed by atoms with Crippen molar-refractivity contribution in [1.82, 2.24) is 9.97 Å². The van der Waals surface area contributed by atoms with Gasteiger partial charge in [-0.15, -0.1) is 0 Å². The van der Waals surface area contributed by atoms with Crippen LogP contribution in [0.4, 0.5) is 11.4 Å². The van der Waals surface area contributed by atoms with Gasteiger partial charge in [-0.05, 0) is 29.7 Å². The Morgan fingerprint density at radius 3 is 2.85 bits per heavy atom. The lowest BCUT2D eigenvalue weighted by Gasteiger charge is -2.09. The minimum Gasteiger partial charge on any atom is -0.397 e. The summed E-state index contributed by atoms with van der Waals surface area (Å²) in [5, 5.41) is 4.70. The number of nitrogen functional groups attached to an aromatic ring is 1. The van der Waals surface area contributed by atoms with Gasteiger partial charge in [0.15, 0.2) is 5.69 Å². The van der Waals surface area contributed by atoms with Gasteiger partial charge in [0, 0.05) is 24.0 Å². The van der Waals surface area contributed by atoms with Crippen molar-refractivity contribution in [3.8, 4) is 0 Å². The summed E-state index contributed by atoms with van der Waals surface area (Å²) in [5.41, 5.74) is 7.00. The summed E-state index contributed by atoms with van der Waals surface area (Å²) in [4.78, 5) is 20.3. The first-order chi connectivity index (χ1) is 9.75. The molecule has 0 bridgehead atoms. The van der Waals surface area contributed by atoms with Gasteiger partial charge in [0.1, 0.15) is 0 Å². The zero-order valence-corrected chi connectivity index (χ0v) is 10.6. The van der Waals surface area contributed by atoms with Crippen molar-refractivity contribution < 1.29 is 4.79 Å². The van der Waals surface area contributed by atoms with E-state index in [0.29, 0.717) is 11.4 Å². The second kappa shape index (κ2) is 4.97. The molecule has 3 N–H and O–H groups in total. The van der Waals surface area contributed by atoms with Gasteiger partial charge < -0.3 is 11.1 Å². The molecule has 0 radical (unpaired) electrons.